The number of hydrogen-bond donors (Lipinski definition) is 2. The molecule has 0 saturated carbocycles. The number of carbonyl (C=O) groups is 2. The molecule has 1 heterocycles. The number of nitrogens with one attached hydrogen (secondary N) is 1. The van der Waals surface area contributed by atoms with E-state index in [1.165, 1.54) is 0 Å². The fourth-order valence-electron chi connectivity index (χ4n) is 2.03. The molecule has 2 N–H and O–H groups in total. The molecular weight excluding hydrogens is 272 g/mol. The summed E-state index contributed by atoms with van der Waals surface area (Å²) in [7, 11) is 0. The zero-order valence-corrected chi connectivity index (χ0v) is 12.0. The molecule has 1 aromatic carbocycles. The van der Waals surface area contributed by atoms with Crippen molar-refractivity contribution in [2.75, 3.05) is 5.32 Å². The summed E-state index contributed by atoms with van der Waals surface area (Å²) in [6.07, 6.45) is 0. The number of hydrogen-bond acceptors (Lipinski definition) is 4. The predicted octanol–water partition coefficient (Wildman–Crippen LogP) is 2.73. The van der Waals surface area contributed by atoms with Crippen LogP contribution in [-0.4, -0.2) is 22.1 Å². The van der Waals surface area contributed by atoms with Gasteiger partial charge in [-0.2, -0.15) is 0 Å². The Labute approximate surface area is 121 Å². The molecule has 1 unspecified atom stereocenters. The monoisotopic (exact) mass is 288 g/mol. The number of carboxylic acid groups (broad SMARTS) is 1. The maximum absolute atomic E-state index is 12.2. The Morgan fingerprint density at radius 3 is 2.62 bits per heavy atom. The molecule has 1 aromatic heterocycles. The number of rotatable bonds is 4. The number of aliphatic carboxylic acids is 1. The lowest BCUT2D eigenvalue weighted by molar-refractivity contribution is -0.138. The van der Waals surface area contributed by atoms with E-state index in [4.69, 9.17) is 9.63 Å². The van der Waals surface area contributed by atoms with Crippen LogP contribution in [-0.2, 0) is 4.79 Å². The minimum Gasteiger partial charge on any atom is -0.481 e. The topological polar surface area (TPSA) is 92.4 Å². The van der Waals surface area contributed by atoms with Gasteiger partial charge < -0.3 is 14.9 Å². The Morgan fingerprint density at radius 1 is 1.33 bits per heavy atom. The molecule has 1 amide bonds. The van der Waals surface area contributed by atoms with Crippen molar-refractivity contribution >= 4 is 17.6 Å². The summed E-state index contributed by atoms with van der Waals surface area (Å²) in [5, 5.41) is 15.5. The number of amides is 1. The zero-order chi connectivity index (χ0) is 15.6. The summed E-state index contributed by atoms with van der Waals surface area (Å²) >= 11 is 0. The molecule has 0 aliphatic heterocycles. The lowest BCUT2D eigenvalue weighted by Crippen LogP contribution is -2.14. The Bertz CT molecular complexity index is 671. The van der Waals surface area contributed by atoms with Gasteiger partial charge in [0.1, 0.15) is 11.3 Å². The Morgan fingerprint density at radius 2 is 2.05 bits per heavy atom. The summed E-state index contributed by atoms with van der Waals surface area (Å²) in [4.78, 5) is 23.2. The fourth-order valence-corrected chi connectivity index (χ4v) is 2.03. The number of carboxylic acids is 1. The average molecular weight is 288 g/mol. The molecular formula is C15H16N2O4. The van der Waals surface area contributed by atoms with Gasteiger partial charge in [-0.05, 0) is 38.5 Å². The maximum Gasteiger partial charge on any atom is 0.310 e. The number of nitrogens with zero attached hydrogens (tertiary/aromatic N) is 1. The van der Waals surface area contributed by atoms with Crippen LogP contribution in [0.15, 0.2) is 28.8 Å². The second kappa shape index (κ2) is 5.78. The smallest absolute Gasteiger partial charge is 0.310 e. The van der Waals surface area contributed by atoms with Crippen molar-refractivity contribution in [1.29, 1.82) is 0 Å². The molecule has 6 nitrogen and oxygen atoms in total. The first-order valence-corrected chi connectivity index (χ1v) is 6.47. The first-order valence-electron chi connectivity index (χ1n) is 6.47. The molecule has 110 valence electrons. The maximum atomic E-state index is 12.2. The Balaban J connectivity index is 2.22. The van der Waals surface area contributed by atoms with Crippen molar-refractivity contribution in [3.05, 3.63) is 46.8 Å². The van der Waals surface area contributed by atoms with Crippen LogP contribution >= 0.6 is 0 Å². The summed E-state index contributed by atoms with van der Waals surface area (Å²) in [6.45, 7) is 4.95. The van der Waals surface area contributed by atoms with Crippen molar-refractivity contribution in [3.8, 4) is 0 Å². The highest BCUT2D eigenvalue weighted by molar-refractivity contribution is 6.05. The molecule has 0 radical (unpaired) electrons. The summed E-state index contributed by atoms with van der Waals surface area (Å²) in [5.41, 5.74) is 2.07. The molecule has 0 saturated heterocycles. The molecule has 0 spiro atoms. The SMILES string of the molecule is Cc1noc(C)c1C(=O)Nc1cccc(C(C)C(=O)O)c1. The van der Waals surface area contributed by atoms with E-state index in [2.05, 4.69) is 10.5 Å². The third-order valence-electron chi connectivity index (χ3n) is 3.28. The van der Waals surface area contributed by atoms with Crippen LogP contribution in [0.2, 0.25) is 0 Å². The van der Waals surface area contributed by atoms with Gasteiger partial charge in [0.2, 0.25) is 0 Å². The highest BCUT2D eigenvalue weighted by Gasteiger charge is 2.18. The molecule has 0 fully saturated rings. The van der Waals surface area contributed by atoms with Crippen LogP contribution in [0.5, 0.6) is 0 Å². The van der Waals surface area contributed by atoms with E-state index in [9.17, 15) is 9.59 Å². The Hall–Kier alpha value is -2.63. The normalized spacial score (nSPS) is 12.0. The number of aryl methyl sites for hydroxylation is 2. The minimum atomic E-state index is -0.913. The quantitative estimate of drug-likeness (QED) is 0.902. The van der Waals surface area contributed by atoms with E-state index in [0.717, 1.165) is 0 Å². The molecule has 1 atom stereocenters. The van der Waals surface area contributed by atoms with Crippen LogP contribution in [0.4, 0.5) is 5.69 Å². The molecule has 2 rings (SSSR count). The summed E-state index contributed by atoms with van der Waals surface area (Å²) in [5.74, 6) is -1.43. The van der Waals surface area contributed by atoms with Gasteiger partial charge in [0.25, 0.3) is 5.91 Å². The van der Waals surface area contributed by atoms with Crippen molar-refractivity contribution in [3.63, 3.8) is 0 Å². The van der Waals surface area contributed by atoms with E-state index in [1.54, 1.807) is 45.0 Å². The third kappa shape index (κ3) is 3.10. The molecule has 0 aliphatic rings. The number of benzene rings is 1. The first kappa shape index (κ1) is 14.8. The van der Waals surface area contributed by atoms with Crippen molar-refractivity contribution < 1.29 is 19.2 Å². The standard InChI is InChI=1S/C15H16N2O4/c1-8(15(19)20)11-5-4-6-12(7-11)16-14(18)13-9(2)17-21-10(13)3/h4-8H,1-3H3,(H,16,18)(H,19,20). The second-order valence-corrected chi connectivity index (χ2v) is 4.84. The number of aromatic nitrogens is 1. The van der Waals surface area contributed by atoms with E-state index in [1.807, 2.05) is 0 Å². The summed E-state index contributed by atoms with van der Waals surface area (Å²) < 4.78 is 4.96. The highest BCUT2D eigenvalue weighted by Crippen LogP contribution is 2.21. The van der Waals surface area contributed by atoms with Crippen LogP contribution in [0.3, 0.4) is 0 Å². The van der Waals surface area contributed by atoms with Crippen molar-refractivity contribution in [2.45, 2.75) is 26.7 Å². The lowest BCUT2D eigenvalue weighted by Gasteiger charge is -2.10. The first-order chi connectivity index (χ1) is 9.90. The van der Waals surface area contributed by atoms with Gasteiger partial charge in [0.05, 0.1) is 11.6 Å². The highest BCUT2D eigenvalue weighted by atomic mass is 16.5. The largest absolute Gasteiger partial charge is 0.481 e. The van der Waals surface area contributed by atoms with Crippen LogP contribution in [0.1, 0.15) is 40.2 Å². The van der Waals surface area contributed by atoms with Gasteiger partial charge in [-0.15, -0.1) is 0 Å². The van der Waals surface area contributed by atoms with E-state index < -0.39 is 11.9 Å². The summed E-state index contributed by atoms with van der Waals surface area (Å²) in [6, 6.07) is 6.77. The molecule has 0 bridgehead atoms. The second-order valence-electron chi connectivity index (χ2n) is 4.84. The molecule has 2 aromatic rings. The van der Waals surface area contributed by atoms with Crippen molar-refractivity contribution in [2.24, 2.45) is 0 Å². The van der Waals surface area contributed by atoms with Gasteiger partial charge in [0, 0.05) is 5.69 Å². The number of carbonyl (C=O) groups excluding carboxylic acids is 1. The predicted molar refractivity (Wildman–Crippen MR) is 76.4 cm³/mol. The van der Waals surface area contributed by atoms with E-state index >= 15 is 0 Å². The Kier molecular flexibility index (Phi) is 4.07. The van der Waals surface area contributed by atoms with Gasteiger partial charge in [-0.3, -0.25) is 9.59 Å². The van der Waals surface area contributed by atoms with Gasteiger partial charge >= 0.3 is 5.97 Å². The van der Waals surface area contributed by atoms with Crippen LogP contribution in [0.25, 0.3) is 0 Å². The van der Waals surface area contributed by atoms with Crippen LogP contribution < -0.4 is 5.32 Å². The van der Waals surface area contributed by atoms with Gasteiger partial charge in [-0.1, -0.05) is 17.3 Å². The third-order valence-corrected chi connectivity index (χ3v) is 3.28. The van der Waals surface area contributed by atoms with E-state index in [-0.39, 0.29) is 5.91 Å². The minimum absolute atomic E-state index is 0.327. The van der Waals surface area contributed by atoms with Crippen LogP contribution in [0, 0.1) is 13.8 Å². The number of anilines is 1. The lowest BCUT2D eigenvalue weighted by atomic mass is 10.0. The molecule has 6 heteroatoms. The zero-order valence-electron chi connectivity index (χ0n) is 12.0. The fraction of sp³-hybridized carbons (Fsp3) is 0.267. The van der Waals surface area contributed by atoms with Gasteiger partial charge in [0.15, 0.2) is 0 Å². The molecule has 21 heavy (non-hydrogen) atoms. The average Bonchev–Trinajstić information content (AvgIpc) is 2.77. The van der Waals surface area contributed by atoms with E-state index in [0.29, 0.717) is 28.3 Å². The van der Waals surface area contributed by atoms with Gasteiger partial charge in [-0.25, -0.2) is 0 Å². The molecule has 0 aliphatic carbocycles. The van der Waals surface area contributed by atoms with Crippen molar-refractivity contribution in [1.82, 2.24) is 5.16 Å².